The van der Waals surface area contributed by atoms with Gasteiger partial charge in [-0.1, -0.05) is 52.3 Å². The molecule has 0 aliphatic carbocycles. The lowest BCUT2D eigenvalue weighted by Gasteiger charge is -2.18. The number of carbonyl (C=O) groups excluding carboxylic acids is 2. The summed E-state index contributed by atoms with van der Waals surface area (Å²) in [5.41, 5.74) is 2.91. The lowest BCUT2D eigenvalue weighted by molar-refractivity contribution is -0.115. The highest BCUT2D eigenvalue weighted by atomic mass is 79.9. The number of fused-ring (bicyclic) bond motifs is 1. The standard InChI is InChI=1S/C28H21BrN2O5S/c1-31-22-8-3-2-7-21(22)25(32)26(24(31)18-9-11-19(29)12-10-18)36-14-13-35-20-6-4-5-17(15-20)16-23-27(33)30-28(34)37-23/h2-12,15-16H,13-14H2,1H3,(H,30,33,34). The van der Waals surface area contributed by atoms with E-state index in [2.05, 4.69) is 21.2 Å². The SMILES string of the molecule is Cn1c(-c2ccc(Br)cc2)c(OCCOc2cccc(C=C3SC(=O)NC3=O)c2)c(=O)c2ccccc21. The van der Waals surface area contributed by atoms with Gasteiger partial charge in [-0.25, -0.2) is 0 Å². The molecule has 9 heteroatoms. The van der Waals surface area contributed by atoms with Gasteiger partial charge in [-0.05, 0) is 59.8 Å². The topological polar surface area (TPSA) is 86.6 Å². The lowest BCUT2D eigenvalue weighted by Crippen LogP contribution is -2.18. The van der Waals surface area contributed by atoms with Crippen molar-refractivity contribution in [3.05, 3.63) is 98.0 Å². The summed E-state index contributed by atoms with van der Waals surface area (Å²) >= 11 is 4.33. The molecule has 186 valence electrons. The molecule has 1 aromatic heterocycles. The number of imide groups is 1. The van der Waals surface area contributed by atoms with Crippen molar-refractivity contribution in [1.29, 1.82) is 0 Å². The zero-order valence-electron chi connectivity index (χ0n) is 19.7. The normalized spacial score (nSPS) is 14.3. The molecular weight excluding hydrogens is 556 g/mol. The van der Waals surface area contributed by atoms with E-state index in [4.69, 9.17) is 9.47 Å². The maximum atomic E-state index is 13.4. The summed E-state index contributed by atoms with van der Waals surface area (Å²) in [7, 11) is 1.92. The number of hydrogen-bond acceptors (Lipinski definition) is 6. The lowest BCUT2D eigenvalue weighted by atomic mass is 10.1. The van der Waals surface area contributed by atoms with Crippen LogP contribution in [0.2, 0.25) is 0 Å². The van der Waals surface area contributed by atoms with Gasteiger partial charge in [-0.15, -0.1) is 0 Å². The summed E-state index contributed by atoms with van der Waals surface area (Å²) in [6, 6.07) is 22.3. The number of aryl methyl sites for hydroxylation is 1. The maximum absolute atomic E-state index is 13.4. The molecular formula is C28H21BrN2O5S. The molecule has 7 nitrogen and oxygen atoms in total. The first kappa shape index (κ1) is 24.9. The van der Waals surface area contributed by atoms with E-state index in [1.807, 2.05) is 60.1 Å². The van der Waals surface area contributed by atoms with Gasteiger partial charge >= 0.3 is 0 Å². The first-order valence-corrected chi connectivity index (χ1v) is 13.0. The molecule has 2 amide bonds. The number of para-hydroxylation sites is 1. The van der Waals surface area contributed by atoms with Crippen LogP contribution in [0.5, 0.6) is 11.5 Å². The summed E-state index contributed by atoms with van der Waals surface area (Å²) in [4.78, 5) is 36.9. The van der Waals surface area contributed by atoms with Crippen LogP contribution >= 0.6 is 27.7 Å². The number of carbonyl (C=O) groups is 2. The Bertz CT molecular complexity index is 1610. The average molecular weight is 577 g/mol. The number of benzene rings is 3. The van der Waals surface area contributed by atoms with E-state index in [0.29, 0.717) is 21.7 Å². The predicted octanol–water partition coefficient (Wildman–Crippen LogP) is 5.75. The fourth-order valence-electron chi connectivity index (χ4n) is 4.10. The third-order valence-electron chi connectivity index (χ3n) is 5.78. The molecule has 0 radical (unpaired) electrons. The van der Waals surface area contributed by atoms with Gasteiger partial charge in [-0.3, -0.25) is 19.7 Å². The summed E-state index contributed by atoms with van der Waals surface area (Å²) in [6.45, 7) is 0.346. The second-order valence-corrected chi connectivity index (χ2v) is 10.1. The fraction of sp³-hybridized carbons (Fsp3) is 0.107. The molecule has 1 fully saturated rings. The molecule has 0 atom stereocenters. The van der Waals surface area contributed by atoms with E-state index in [1.54, 1.807) is 30.3 Å². The van der Waals surface area contributed by atoms with E-state index in [-0.39, 0.29) is 29.6 Å². The minimum absolute atomic E-state index is 0.148. The van der Waals surface area contributed by atoms with Crippen LogP contribution in [0.25, 0.3) is 28.2 Å². The van der Waals surface area contributed by atoms with E-state index >= 15 is 0 Å². The van der Waals surface area contributed by atoms with Gasteiger partial charge in [0, 0.05) is 22.5 Å². The molecule has 0 unspecified atom stereocenters. The highest BCUT2D eigenvalue weighted by Crippen LogP contribution is 2.31. The molecule has 3 aromatic carbocycles. The van der Waals surface area contributed by atoms with Crippen LogP contribution in [0, 0.1) is 0 Å². The zero-order valence-corrected chi connectivity index (χ0v) is 22.1. The largest absolute Gasteiger partial charge is 0.490 e. The third-order valence-corrected chi connectivity index (χ3v) is 7.12. The second kappa shape index (κ2) is 10.7. The molecule has 37 heavy (non-hydrogen) atoms. The summed E-state index contributed by atoms with van der Waals surface area (Å²) in [5, 5.41) is 2.43. The number of nitrogens with zero attached hydrogens (tertiary/aromatic N) is 1. The van der Waals surface area contributed by atoms with Gasteiger partial charge < -0.3 is 14.0 Å². The fourth-order valence-corrected chi connectivity index (χ4v) is 5.04. The molecule has 1 saturated heterocycles. The Morgan fingerprint density at radius 1 is 0.946 bits per heavy atom. The molecule has 0 saturated carbocycles. The molecule has 0 spiro atoms. The second-order valence-electron chi connectivity index (χ2n) is 8.21. The van der Waals surface area contributed by atoms with Gasteiger partial charge in [0.1, 0.15) is 19.0 Å². The number of nitrogens with one attached hydrogen (secondary N) is 1. The predicted molar refractivity (Wildman–Crippen MR) is 149 cm³/mol. The number of pyridine rings is 1. The van der Waals surface area contributed by atoms with Crippen LogP contribution in [0.1, 0.15) is 5.56 Å². The van der Waals surface area contributed by atoms with Crippen molar-refractivity contribution in [1.82, 2.24) is 9.88 Å². The van der Waals surface area contributed by atoms with E-state index in [1.165, 1.54) is 0 Å². The highest BCUT2D eigenvalue weighted by Gasteiger charge is 2.25. The van der Waals surface area contributed by atoms with Crippen LogP contribution in [0.15, 0.2) is 87.0 Å². The van der Waals surface area contributed by atoms with Crippen molar-refractivity contribution in [3.8, 4) is 22.8 Å². The van der Waals surface area contributed by atoms with Crippen molar-refractivity contribution in [2.24, 2.45) is 7.05 Å². The minimum atomic E-state index is -0.409. The van der Waals surface area contributed by atoms with Gasteiger partial charge in [0.2, 0.25) is 5.43 Å². The number of hydrogen-bond donors (Lipinski definition) is 1. The van der Waals surface area contributed by atoms with Gasteiger partial charge in [-0.2, -0.15) is 0 Å². The quantitative estimate of drug-likeness (QED) is 0.223. The Labute approximate surface area is 225 Å². The molecule has 4 aromatic rings. The van der Waals surface area contributed by atoms with Gasteiger partial charge in [0.25, 0.3) is 11.1 Å². The number of ether oxygens (including phenoxy) is 2. The number of aromatic nitrogens is 1. The number of thioether (sulfide) groups is 1. The third kappa shape index (κ3) is 5.33. The van der Waals surface area contributed by atoms with E-state index in [9.17, 15) is 14.4 Å². The monoisotopic (exact) mass is 576 g/mol. The molecule has 1 aliphatic heterocycles. The Morgan fingerprint density at radius 3 is 2.46 bits per heavy atom. The Hall–Kier alpha value is -3.82. The number of amides is 2. The number of rotatable bonds is 7. The van der Waals surface area contributed by atoms with E-state index in [0.717, 1.165) is 32.9 Å². The van der Waals surface area contributed by atoms with Crippen molar-refractivity contribution < 1.29 is 19.1 Å². The minimum Gasteiger partial charge on any atom is -0.490 e. The smallest absolute Gasteiger partial charge is 0.290 e. The summed E-state index contributed by atoms with van der Waals surface area (Å²) in [5.74, 6) is 0.431. The van der Waals surface area contributed by atoms with Crippen molar-refractivity contribution >= 4 is 55.8 Å². The summed E-state index contributed by atoms with van der Waals surface area (Å²) in [6.07, 6.45) is 1.64. The van der Waals surface area contributed by atoms with Crippen molar-refractivity contribution in [2.75, 3.05) is 13.2 Å². The van der Waals surface area contributed by atoms with Crippen LogP contribution < -0.4 is 20.2 Å². The van der Waals surface area contributed by atoms with Crippen LogP contribution in [0.3, 0.4) is 0 Å². The first-order chi connectivity index (χ1) is 17.9. The highest BCUT2D eigenvalue weighted by molar-refractivity contribution is 9.10. The number of halogens is 1. The van der Waals surface area contributed by atoms with Crippen LogP contribution in [-0.2, 0) is 11.8 Å². The van der Waals surface area contributed by atoms with Crippen LogP contribution in [-0.4, -0.2) is 28.9 Å². The zero-order chi connectivity index (χ0) is 25.9. The molecule has 0 bridgehead atoms. The van der Waals surface area contributed by atoms with Crippen LogP contribution in [0.4, 0.5) is 4.79 Å². The molecule has 1 aliphatic rings. The Balaban J connectivity index is 1.36. The summed E-state index contributed by atoms with van der Waals surface area (Å²) < 4.78 is 14.8. The molecule has 1 N–H and O–H groups in total. The Morgan fingerprint density at radius 2 is 1.70 bits per heavy atom. The Kier molecular flexibility index (Phi) is 7.16. The van der Waals surface area contributed by atoms with E-state index < -0.39 is 5.91 Å². The molecule has 2 heterocycles. The van der Waals surface area contributed by atoms with Gasteiger partial charge in [0.05, 0.1) is 16.1 Å². The average Bonchev–Trinajstić information content (AvgIpc) is 3.21. The van der Waals surface area contributed by atoms with Crippen molar-refractivity contribution in [2.45, 2.75) is 0 Å². The first-order valence-electron chi connectivity index (χ1n) is 11.4. The maximum Gasteiger partial charge on any atom is 0.290 e. The van der Waals surface area contributed by atoms with Gasteiger partial charge in [0.15, 0.2) is 5.75 Å². The van der Waals surface area contributed by atoms with Crippen molar-refractivity contribution in [3.63, 3.8) is 0 Å². The molecule has 5 rings (SSSR count).